The van der Waals surface area contributed by atoms with Crippen LogP contribution in [0.1, 0.15) is 31.1 Å². The zero-order chi connectivity index (χ0) is 19.4. The predicted molar refractivity (Wildman–Crippen MR) is 90.0 cm³/mol. The fourth-order valence-electron chi connectivity index (χ4n) is 1.76. The Labute approximate surface area is 147 Å². The first-order valence-electron chi connectivity index (χ1n) is 7.67. The number of hydrogen-bond donors (Lipinski definition) is 1. The SMILES string of the molecule is CC(C)CNC(=O)[C@@H](C)OC(=O)c1cc(S(=O)(=O)N(C)C)ccc1F. The van der Waals surface area contributed by atoms with Crippen molar-refractivity contribution in [1.82, 2.24) is 9.62 Å². The molecule has 0 aromatic heterocycles. The van der Waals surface area contributed by atoms with E-state index in [0.29, 0.717) is 6.54 Å². The summed E-state index contributed by atoms with van der Waals surface area (Å²) in [6.07, 6.45) is -1.14. The van der Waals surface area contributed by atoms with Crippen LogP contribution in [0.5, 0.6) is 0 Å². The zero-order valence-electron chi connectivity index (χ0n) is 14.9. The minimum atomic E-state index is -3.83. The van der Waals surface area contributed by atoms with Crippen LogP contribution >= 0.6 is 0 Å². The van der Waals surface area contributed by atoms with E-state index in [4.69, 9.17) is 4.74 Å². The van der Waals surface area contributed by atoms with E-state index in [1.807, 2.05) is 13.8 Å². The van der Waals surface area contributed by atoms with E-state index in [0.717, 1.165) is 22.5 Å². The van der Waals surface area contributed by atoms with Gasteiger partial charge in [0.1, 0.15) is 5.82 Å². The van der Waals surface area contributed by atoms with Crippen LogP contribution in [0, 0.1) is 11.7 Å². The summed E-state index contributed by atoms with van der Waals surface area (Å²) in [6.45, 7) is 5.57. The number of hydrogen-bond acceptors (Lipinski definition) is 5. The molecule has 0 saturated heterocycles. The Bertz CT molecular complexity index is 747. The van der Waals surface area contributed by atoms with Crippen LogP contribution in [0.4, 0.5) is 4.39 Å². The monoisotopic (exact) mass is 374 g/mol. The van der Waals surface area contributed by atoms with Gasteiger partial charge in [0, 0.05) is 20.6 Å². The lowest BCUT2D eigenvalue weighted by Crippen LogP contribution is -2.37. The van der Waals surface area contributed by atoms with Crippen molar-refractivity contribution in [3.63, 3.8) is 0 Å². The maximum atomic E-state index is 13.9. The fraction of sp³-hybridized carbons (Fsp3) is 0.500. The second-order valence-corrected chi connectivity index (χ2v) is 8.27. The molecule has 0 fully saturated rings. The first-order chi connectivity index (χ1) is 11.5. The van der Waals surface area contributed by atoms with Gasteiger partial charge in [0.15, 0.2) is 6.10 Å². The third kappa shape index (κ3) is 5.50. The number of benzene rings is 1. The minimum absolute atomic E-state index is 0.220. The van der Waals surface area contributed by atoms with Crippen LogP contribution in [0.15, 0.2) is 23.1 Å². The number of esters is 1. The molecule has 0 radical (unpaired) electrons. The summed E-state index contributed by atoms with van der Waals surface area (Å²) in [6, 6.07) is 2.82. The topological polar surface area (TPSA) is 92.8 Å². The van der Waals surface area contributed by atoms with Gasteiger partial charge < -0.3 is 10.1 Å². The van der Waals surface area contributed by atoms with Crippen LogP contribution in [-0.4, -0.2) is 51.3 Å². The third-order valence-electron chi connectivity index (χ3n) is 3.27. The normalized spacial score (nSPS) is 13.0. The van der Waals surface area contributed by atoms with Crippen molar-refractivity contribution < 1.29 is 27.1 Å². The number of sulfonamides is 1. The highest BCUT2D eigenvalue weighted by Gasteiger charge is 2.24. The lowest BCUT2D eigenvalue weighted by molar-refractivity contribution is -0.129. The maximum Gasteiger partial charge on any atom is 0.341 e. The van der Waals surface area contributed by atoms with E-state index in [1.54, 1.807) is 0 Å². The van der Waals surface area contributed by atoms with E-state index in [9.17, 15) is 22.4 Å². The largest absolute Gasteiger partial charge is 0.449 e. The van der Waals surface area contributed by atoms with Crippen molar-refractivity contribution in [2.24, 2.45) is 5.92 Å². The Morgan fingerprint density at radius 2 is 1.84 bits per heavy atom. The molecule has 0 aliphatic carbocycles. The Hall–Kier alpha value is -2.00. The van der Waals surface area contributed by atoms with Gasteiger partial charge in [-0.2, -0.15) is 0 Å². The Morgan fingerprint density at radius 1 is 1.24 bits per heavy atom. The van der Waals surface area contributed by atoms with E-state index in [-0.39, 0.29) is 10.8 Å². The predicted octanol–water partition coefficient (Wildman–Crippen LogP) is 1.39. The second kappa shape index (κ2) is 8.39. The highest BCUT2D eigenvalue weighted by atomic mass is 32.2. The molecule has 9 heteroatoms. The van der Waals surface area contributed by atoms with Gasteiger partial charge in [0.05, 0.1) is 10.5 Å². The van der Waals surface area contributed by atoms with Gasteiger partial charge in [-0.25, -0.2) is 21.9 Å². The minimum Gasteiger partial charge on any atom is -0.449 e. The Kier molecular flexibility index (Phi) is 7.06. The lowest BCUT2D eigenvalue weighted by Gasteiger charge is -2.16. The molecule has 1 aromatic rings. The molecular formula is C16H23FN2O5S. The second-order valence-electron chi connectivity index (χ2n) is 6.12. The van der Waals surface area contributed by atoms with E-state index in [2.05, 4.69) is 5.32 Å². The summed E-state index contributed by atoms with van der Waals surface area (Å²) in [5, 5.41) is 2.59. The van der Waals surface area contributed by atoms with Crippen LogP contribution < -0.4 is 5.32 Å². The van der Waals surface area contributed by atoms with Gasteiger partial charge in [0.25, 0.3) is 5.91 Å². The summed E-state index contributed by atoms with van der Waals surface area (Å²) in [5.41, 5.74) is -0.550. The Balaban J connectivity index is 2.97. The molecule has 0 aliphatic heterocycles. The van der Waals surface area contributed by atoms with Crippen LogP contribution in [0.2, 0.25) is 0 Å². The molecule has 0 saturated carbocycles. The molecule has 1 amide bonds. The van der Waals surface area contributed by atoms with Crippen molar-refractivity contribution >= 4 is 21.9 Å². The third-order valence-corrected chi connectivity index (χ3v) is 5.08. The summed E-state index contributed by atoms with van der Waals surface area (Å²) < 4.78 is 44.0. The van der Waals surface area contributed by atoms with Gasteiger partial charge in [-0.05, 0) is 31.0 Å². The highest BCUT2D eigenvalue weighted by molar-refractivity contribution is 7.89. The van der Waals surface area contributed by atoms with Crippen LogP contribution in [-0.2, 0) is 19.6 Å². The molecule has 1 atom stereocenters. The quantitative estimate of drug-likeness (QED) is 0.728. The summed E-state index contributed by atoms with van der Waals surface area (Å²) in [7, 11) is -1.20. The van der Waals surface area contributed by atoms with Crippen LogP contribution in [0.3, 0.4) is 0 Å². The molecule has 1 aromatic carbocycles. The average molecular weight is 374 g/mol. The van der Waals surface area contributed by atoms with Crippen molar-refractivity contribution in [2.75, 3.05) is 20.6 Å². The number of halogens is 1. The number of rotatable bonds is 7. The van der Waals surface area contributed by atoms with Gasteiger partial charge in [0.2, 0.25) is 10.0 Å². The summed E-state index contributed by atoms with van der Waals surface area (Å²) >= 11 is 0. The van der Waals surface area contributed by atoms with Crippen molar-refractivity contribution in [3.8, 4) is 0 Å². The number of carbonyl (C=O) groups excluding carboxylic acids is 2. The highest BCUT2D eigenvalue weighted by Crippen LogP contribution is 2.19. The molecule has 1 N–H and O–H groups in total. The van der Waals surface area contributed by atoms with E-state index >= 15 is 0 Å². The molecule has 1 rings (SSSR count). The number of nitrogens with zero attached hydrogens (tertiary/aromatic N) is 1. The standard InChI is InChI=1S/C16H23FN2O5S/c1-10(2)9-18-15(20)11(3)24-16(21)13-8-12(6-7-14(13)17)25(22,23)19(4)5/h6-8,10-11H,9H2,1-5H3,(H,18,20)/t11-/m1/s1. The van der Waals surface area contributed by atoms with Crippen molar-refractivity contribution in [1.29, 1.82) is 0 Å². The zero-order valence-corrected chi connectivity index (χ0v) is 15.7. The van der Waals surface area contributed by atoms with Crippen LogP contribution in [0.25, 0.3) is 0 Å². The average Bonchev–Trinajstić information content (AvgIpc) is 2.52. The number of carbonyl (C=O) groups is 2. The molecule has 0 aliphatic rings. The molecule has 140 valence electrons. The van der Waals surface area contributed by atoms with E-state index in [1.165, 1.54) is 21.0 Å². The summed E-state index contributed by atoms with van der Waals surface area (Å²) in [4.78, 5) is 23.7. The molecular weight excluding hydrogens is 351 g/mol. The molecule has 7 nitrogen and oxygen atoms in total. The van der Waals surface area contributed by atoms with Gasteiger partial charge in [-0.3, -0.25) is 4.79 Å². The van der Waals surface area contributed by atoms with Gasteiger partial charge in [-0.1, -0.05) is 13.8 Å². The maximum absolute atomic E-state index is 13.9. The summed E-state index contributed by atoms with van der Waals surface area (Å²) in [5.74, 6) is -2.34. The van der Waals surface area contributed by atoms with Gasteiger partial charge >= 0.3 is 5.97 Å². The smallest absolute Gasteiger partial charge is 0.341 e. The molecule has 0 unspecified atom stereocenters. The molecule has 0 spiro atoms. The number of amides is 1. The molecule has 0 heterocycles. The van der Waals surface area contributed by atoms with Gasteiger partial charge in [-0.15, -0.1) is 0 Å². The lowest BCUT2D eigenvalue weighted by atomic mass is 10.2. The molecule has 0 bridgehead atoms. The van der Waals surface area contributed by atoms with Crippen molar-refractivity contribution in [2.45, 2.75) is 31.8 Å². The Morgan fingerprint density at radius 3 is 2.36 bits per heavy atom. The van der Waals surface area contributed by atoms with Crippen molar-refractivity contribution in [3.05, 3.63) is 29.6 Å². The number of nitrogens with one attached hydrogen (secondary N) is 1. The fourth-order valence-corrected chi connectivity index (χ4v) is 2.69. The first kappa shape index (κ1) is 21.0. The molecule has 25 heavy (non-hydrogen) atoms. The first-order valence-corrected chi connectivity index (χ1v) is 9.11. The van der Waals surface area contributed by atoms with E-state index < -0.39 is 39.4 Å². The number of ether oxygens (including phenoxy) is 1.